The van der Waals surface area contributed by atoms with Gasteiger partial charge < -0.3 is 4.74 Å². The number of esters is 1. The molecule has 2 aromatic rings. The number of rotatable bonds is 5. The fraction of sp³-hybridized carbons (Fsp3) is 0.444. The van der Waals surface area contributed by atoms with E-state index in [4.69, 9.17) is 4.74 Å². The molecule has 146 valence electrons. The molecule has 0 N–H and O–H groups in total. The summed E-state index contributed by atoms with van der Waals surface area (Å²) in [6, 6.07) is 1.37. The van der Waals surface area contributed by atoms with Crippen molar-refractivity contribution in [3.63, 3.8) is 0 Å². The van der Waals surface area contributed by atoms with Crippen LogP contribution in [-0.4, -0.2) is 43.8 Å². The lowest BCUT2D eigenvalue weighted by Gasteiger charge is -2.14. The van der Waals surface area contributed by atoms with Crippen LogP contribution in [0.2, 0.25) is 0 Å². The minimum atomic E-state index is -0.538. The molecule has 2 aromatic heterocycles. The highest BCUT2D eigenvalue weighted by Crippen LogP contribution is 2.35. The smallest absolute Gasteiger partial charge is 0.308 e. The maximum absolute atomic E-state index is 12.4. The second kappa shape index (κ2) is 7.27. The molecule has 10 heteroatoms. The van der Waals surface area contributed by atoms with Crippen molar-refractivity contribution in [1.82, 2.24) is 19.5 Å². The first-order valence-corrected chi connectivity index (χ1v) is 9.78. The number of amides is 2. The van der Waals surface area contributed by atoms with Gasteiger partial charge in [0.05, 0.1) is 18.3 Å². The van der Waals surface area contributed by atoms with Crippen molar-refractivity contribution < 1.29 is 19.1 Å². The van der Waals surface area contributed by atoms with Gasteiger partial charge in [0.15, 0.2) is 5.01 Å². The van der Waals surface area contributed by atoms with E-state index in [-0.39, 0.29) is 48.8 Å². The SMILES string of the molecule is Cc1cc(=O)n2nc(COC(=O)CCN3C(=O)[C@H]4CC=CC[C@H]4C3=O)sc2n1. The van der Waals surface area contributed by atoms with Crippen molar-refractivity contribution in [3.05, 3.63) is 39.3 Å². The number of carbonyl (C=O) groups is 3. The third kappa shape index (κ3) is 3.35. The second-order valence-corrected chi connectivity index (χ2v) is 7.86. The Morgan fingerprint density at radius 1 is 1.21 bits per heavy atom. The molecule has 2 aliphatic rings. The van der Waals surface area contributed by atoms with Crippen molar-refractivity contribution in [2.45, 2.75) is 32.8 Å². The fourth-order valence-corrected chi connectivity index (χ4v) is 4.38. The molecule has 0 saturated carbocycles. The van der Waals surface area contributed by atoms with Crippen LogP contribution < -0.4 is 5.56 Å². The van der Waals surface area contributed by atoms with Gasteiger partial charge in [0.2, 0.25) is 16.8 Å². The Hall–Kier alpha value is -2.88. The number of imide groups is 1. The van der Waals surface area contributed by atoms with Crippen molar-refractivity contribution >= 4 is 34.1 Å². The Bertz CT molecular complexity index is 1030. The highest BCUT2D eigenvalue weighted by atomic mass is 32.1. The number of aromatic nitrogens is 3. The minimum absolute atomic E-state index is 0.0174. The van der Waals surface area contributed by atoms with E-state index in [2.05, 4.69) is 10.1 Å². The van der Waals surface area contributed by atoms with Crippen LogP contribution in [0.3, 0.4) is 0 Å². The van der Waals surface area contributed by atoms with E-state index in [0.29, 0.717) is 28.5 Å². The van der Waals surface area contributed by atoms with Gasteiger partial charge >= 0.3 is 5.97 Å². The van der Waals surface area contributed by atoms with Gasteiger partial charge in [0.25, 0.3) is 5.56 Å². The van der Waals surface area contributed by atoms with Crippen LogP contribution in [0.15, 0.2) is 23.0 Å². The monoisotopic (exact) mass is 402 g/mol. The lowest BCUT2D eigenvalue weighted by Crippen LogP contribution is -2.33. The summed E-state index contributed by atoms with van der Waals surface area (Å²) in [5, 5.41) is 4.53. The van der Waals surface area contributed by atoms with E-state index < -0.39 is 5.97 Å². The Kier molecular flexibility index (Phi) is 4.80. The van der Waals surface area contributed by atoms with E-state index >= 15 is 0 Å². The highest BCUT2D eigenvalue weighted by Gasteiger charge is 2.46. The average Bonchev–Trinajstić information content (AvgIpc) is 3.18. The van der Waals surface area contributed by atoms with Crippen molar-refractivity contribution in [2.24, 2.45) is 11.8 Å². The molecule has 1 aliphatic heterocycles. The van der Waals surface area contributed by atoms with Crippen LogP contribution in [0.5, 0.6) is 0 Å². The summed E-state index contributed by atoms with van der Waals surface area (Å²) in [7, 11) is 0. The summed E-state index contributed by atoms with van der Waals surface area (Å²) in [5.74, 6) is -1.56. The van der Waals surface area contributed by atoms with Gasteiger partial charge in [-0.15, -0.1) is 0 Å². The number of hydrogen-bond acceptors (Lipinski definition) is 8. The molecule has 1 fully saturated rings. The lowest BCUT2D eigenvalue weighted by atomic mass is 9.85. The molecule has 9 nitrogen and oxygen atoms in total. The van der Waals surface area contributed by atoms with Gasteiger partial charge in [-0.25, -0.2) is 4.98 Å². The van der Waals surface area contributed by atoms with Crippen molar-refractivity contribution in [3.8, 4) is 0 Å². The van der Waals surface area contributed by atoms with Gasteiger partial charge in [0, 0.05) is 18.3 Å². The summed E-state index contributed by atoms with van der Waals surface area (Å²) in [6.45, 7) is 1.64. The topological polar surface area (TPSA) is 111 Å². The Morgan fingerprint density at radius 2 is 1.89 bits per heavy atom. The van der Waals surface area contributed by atoms with Crippen LogP contribution in [0, 0.1) is 18.8 Å². The first kappa shape index (κ1) is 18.5. The predicted octanol–water partition coefficient (Wildman–Crippen LogP) is 0.844. The molecule has 0 unspecified atom stereocenters. The van der Waals surface area contributed by atoms with Crippen LogP contribution in [0.1, 0.15) is 30.0 Å². The Morgan fingerprint density at radius 3 is 2.57 bits per heavy atom. The molecule has 2 atom stereocenters. The van der Waals surface area contributed by atoms with Crippen LogP contribution >= 0.6 is 11.3 Å². The Labute approximate surface area is 163 Å². The predicted molar refractivity (Wildman–Crippen MR) is 98.4 cm³/mol. The van der Waals surface area contributed by atoms with E-state index in [1.54, 1.807) is 6.92 Å². The zero-order valence-corrected chi connectivity index (χ0v) is 16.0. The van der Waals surface area contributed by atoms with E-state index in [1.165, 1.54) is 11.0 Å². The summed E-state index contributed by atoms with van der Waals surface area (Å²) < 4.78 is 6.35. The van der Waals surface area contributed by atoms with Crippen LogP contribution in [0.4, 0.5) is 0 Å². The maximum atomic E-state index is 12.4. The number of nitrogens with zero attached hydrogens (tertiary/aromatic N) is 4. The molecule has 28 heavy (non-hydrogen) atoms. The molecule has 0 radical (unpaired) electrons. The molecule has 4 rings (SSSR count). The molecule has 2 amide bonds. The van der Waals surface area contributed by atoms with Gasteiger partial charge in [-0.2, -0.15) is 9.61 Å². The first-order chi connectivity index (χ1) is 13.4. The highest BCUT2D eigenvalue weighted by molar-refractivity contribution is 7.16. The van der Waals surface area contributed by atoms with Gasteiger partial charge in [-0.3, -0.25) is 24.1 Å². The second-order valence-electron chi connectivity index (χ2n) is 6.82. The zero-order chi connectivity index (χ0) is 19.8. The number of aryl methyl sites for hydroxylation is 1. The fourth-order valence-electron chi connectivity index (χ4n) is 3.53. The summed E-state index contributed by atoms with van der Waals surface area (Å²) in [6.07, 6.45) is 4.90. The molecule has 0 aromatic carbocycles. The van der Waals surface area contributed by atoms with E-state index in [0.717, 1.165) is 15.9 Å². The zero-order valence-electron chi connectivity index (χ0n) is 15.2. The number of likely N-dealkylation sites (tertiary alicyclic amines) is 1. The molecule has 1 aliphatic carbocycles. The summed E-state index contributed by atoms with van der Waals surface area (Å²) in [5.41, 5.74) is 0.297. The van der Waals surface area contributed by atoms with E-state index in [1.807, 2.05) is 12.2 Å². The standard InChI is InChI=1S/C18H18N4O5S/c1-10-8-14(23)22-18(19-10)28-13(20-22)9-27-15(24)6-7-21-16(25)11-4-2-3-5-12(11)17(21)26/h2-3,8,11-12H,4-7,9H2,1H3/t11-,12+. The largest absolute Gasteiger partial charge is 0.458 e. The maximum Gasteiger partial charge on any atom is 0.308 e. The molecular formula is C18H18N4O5S. The van der Waals surface area contributed by atoms with Gasteiger partial charge in [0.1, 0.15) is 6.61 Å². The van der Waals surface area contributed by atoms with Crippen molar-refractivity contribution in [2.75, 3.05) is 6.54 Å². The van der Waals surface area contributed by atoms with Gasteiger partial charge in [-0.1, -0.05) is 23.5 Å². The number of allylic oxidation sites excluding steroid dienone is 2. The third-order valence-electron chi connectivity index (χ3n) is 4.91. The number of carbonyl (C=O) groups excluding carboxylic acids is 3. The molecular weight excluding hydrogens is 384 g/mol. The minimum Gasteiger partial charge on any atom is -0.458 e. The number of ether oxygens (including phenoxy) is 1. The van der Waals surface area contributed by atoms with Crippen molar-refractivity contribution in [1.29, 1.82) is 0 Å². The molecule has 0 spiro atoms. The third-order valence-corrected chi connectivity index (χ3v) is 5.79. The molecule has 3 heterocycles. The Balaban J connectivity index is 1.33. The summed E-state index contributed by atoms with van der Waals surface area (Å²) >= 11 is 1.16. The number of hydrogen-bond donors (Lipinski definition) is 0. The first-order valence-electron chi connectivity index (χ1n) is 8.96. The van der Waals surface area contributed by atoms with Crippen LogP contribution in [0.25, 0.3) is 4.96 Å². The summed E-state index contributed by atoms with van der Waals surface area (Å²) in [4.78, 5) is 54.5. The van der Waals surface area contributed by atoms with Crippen LogP contribution in [-0.2, 0) is 25.7 Å². The van der Waals surface area contributed by atoms with E-state index in [9.17, 15) is 19.2 Å². The normalized spacial score (nSPS) is 21.4. The number of fused-ring (bicyclic) bond motifs is 2. The molecule has 0 bridgehead atoms. The van der Waals surface area contributed by atoms with Gasteiger partial charge in [-0.05, 0) is 19.8 Å². The average molecular weight is 402 g/mol. The molecule has 1 saturated heterocycles. The lowest BCUT2D eigenvalue weighted by molar-refractivity contribution is -0.146. The quantitative estimate of drug-likeness (QED) is 0.414.